The number of ether oxygens (including phenoxy) is 1. The number of thiazole rings is 1. The number of carbonyl (C=O) groups is 1. The molecule has 0 fully saturated rings. The highest BCUT2D eigenvalue weighted by Gasteiger charge is 2.14. The minimum Gasteiger partial charge on any atom is -0.497 e. The molecular weight excluding hydrogens is 438 g/mol. The third kappa shape index (κ3) is 4.43. The molecule has 5 nitrogen and oxygen atoms in total. The van der Waals surface area contributed by atoms with Gasteiger partial charge in [0.1, 0.15) is 10.8 Å². The van der Waals surface area contributed by atoms with E-state index < -0.39 is 0 Å². The Bertz CT molecular complexity index is 1220. The molecule has 1 aromatic heterocycles. The number of rotatable bonds is 4. The van der Waals surface area contributed by atoms with Crippen molar-refractivity contribution in [2.24, 2.45) is 0 Å². The summed E-state index contributed by atoms with van der Waals surface area (Å²) in [5.41, 5.74) is 2.87. The highest BCUT2D eigenvalue weighted by molar-refractivity contribution is 7.80. The van der Waals surface area contributed by atoms with E-state index in [-0.39, 0.29) is 11.0 Å². The van der Waals surface area contributed by atoms with Crippen molar-refractivity contribution in [1.29, 1.82) is 0 Å². The number of methoxy groups -OCH3 is 1. The zero-order valence-corrected chi connectivity index (χ0v) is 18.2. The van der Waals surface area contributed by atoms with Gasteiger partial charge in [0.05, 0.1) is 23.0 Å². The number of fused-ring (bicyclic) bond motifs is 1. The fourth-order valence-corrected chi connectivity index (χ4v) is 4.25. The Balaban J connectivity index is 1.57. The molecule has 0 spiro atoms. The second kappa shape index (κ2) is 8.79. The van der Waals surface area contributed by atoms with Gasteiger partial charge in [-0.25, -0.2) is 4.98 Å². The van der Waals surface area contributed by atoms with Gasteiger partial charge >= 0.3 is 0 Å². The van der Waals surface area contributed by atoms with Crippen molar-refractivity contribution in [2.45, 2.75) is 0 Å². The zero-order valence-electron chi connectivity index (χ0n) is 15.8. The third-order valence-corrected chi connectivity index (χ3v) is 5.82. The summed E-state index contributed by atoms with van der Waals surface area (Å²) in [5.74, 6) is 0.263. The number of thiocarbonyl (C=S) groups is 1. The van der Waals surface area contributed by atoms with Gasteiger partial charge < -0.3 is 10.1 Å². The molecule has 0 aliphatic carbocycles. The molecule has 1 heterocycles. The lowest BCUT2D eigenvalue weighted by Crippen LogP contribution is -2.34. The Morgan fingerprint density at radius 1 is 1.10 bits per heavy atom. The number of aromatic nitrogens is 1. The number of benzene rings is 3. The molecule has 3 aromatic carbocycles. The van der Waals surface area contributed by atoms with Crippen LogP contribution in [0.3, 0.4) is 0 Å². The summed E-state index contributed by atoms with van der Waals surface area (Å²) in [5, 5.41) is 7.34. The smallest absolute Gasteiger partial charge is 0.257 e. The van der Waals surface area contributed by atoms with Crippen LogP contribution in [0.25, 0.3) is 20.8 Å². The van der Waals surface area contributed by atoms with Crippen LogP contribution in [0.2, 0.25) is 5.02 Å². The molecule has 0 atom stereocenters. The zero-order chi connectivity index (χ0) is 21.1. The van der Waals surface area contributed by atoms with Crippen molar-refractivity contribution in [1.82, 2.24) is 10.3 Å². The first-order valence-electron chi connectivity index (χ1n) is 8.95. The molecule has 0 unspecified atom stereocenters. The maximum Gasteiger partial charge on any atom is 0.257 e. The number of hydrogen-bond donors (Lipinski definition) is 2. The predicted octanol–water partition coefficient (Wildman–Crippen LogP) is 5.75. The highest BCUT2D eigenvalue weighted by atomic mass is 35.5. The first-order chi connectivity index (χ1) is 14.5. The van der Waals surface area contributed by atoms with Crippen LogP contribution in [-0.2, 0) is 0 Å². The maximum atomic E-state index is 12.5. The fourth-order valence-electron chi connectivity index (χ4n) is 2.88. The molecule has 30 heavy (non-hydrogen) atoms. The fraction of sp³-hybridized carbons (Fsp3) is 0.0455. The summed E-state index contributed by atoms with van der Waals surface area (Å²) in [7, 11) is 1.55. The van der Waals surface area contributed by atoms with Gasteiger partial charge in [-0.3, -0.25) is 10.1 Å². The molecule has 150 valence electrons. The van der Waals surface area contributed by atoms with Crippen LogP contribution in [0, 0.1) is 0 Å². The van der Waals surface area contributed by atoms with E-state index in [9.17, 15) is 4.79 Å². The topological polar surface area (TPSA) is 63.2 Å². The van der Waals surface area contributed by atoms with E-state index in [1.807, 2.05) is 36.4 Å². The summed E-state index contributed by atoms with van der Waals surface area (Å²) < 4.78 is 6.24. The quantitative estimate of drug-likeness (QED) is 0.385. The van der Waals surface area contributed by atoms with E-state index in [1.54, 1.807) is 48.8 Å². The second-order valence-electron chi connectivity index (χ2n) is 6.32. The van der Waals surface area contributed by atoms with Gasteiger partial charge in [-0.05, 0) is 60.7 Å². The minimum atomic E-state index is -0.332. The Morgan fingerprint density at radius 3 is 2.73 bits per heavy atom. The number of amides is 1. The average molecular weight is 454 g/mol. The molecule has 0 radical (unpaired) electrons. The number of nitrogens with zero attached hydrogens (tertiary/aromatic N) is 1. The van der Waals surface area contributed by atoms with Crippen LogP contribution in [0.5, 0.6) is 5.75 Å². The van der Waals surface area contributed by atoms with Crippen LogP contribution in [-0.4, -0.2) is 23.1 Å². The van der Waals surface area contributed by atoms with Crippen molar-refractivity contribution in [3.63, 3.8) is 0 Å². The highest BCUT2D eigenvalue weighted by Crippen LogP contribution is 2.36. The van der Waals surface area contributed by atoms with E-state index in [4.69, 9.17) is 33.5 Å². The van der Waals surface area contributed by atoms with E-state index >= 15 is 0 Å². The van der Waals surface area contributed by atoms with Gasteiger partial charge in [0.25, 0.3) is 5.91 Å². The van der Waals surface area contributed by atoms with E-state index in [0.717, 1.165) is 20.8 Å². The summed E-state index contributed by atoms with van der Waals surface area (Å²) in [6, 6.07) is 20.2. The minimum absolute atomic E-state index is 0.174. The molecule has 0 saturated heterocycles. The monoisotopic (exact) mass is 453 g/mol. The summed E-state index contributed by atoms with van der Waals surface area (Å²) >= 11 is 13.1. The maximum absolute atomic E-state index is 12.5. The molecule has 2 N–H and O–H groups in total. The molecule has 4 rings (SSSR count). The van der Waals surface area contributed by atoms with Gasteiger partial charge in [-0.15, -0.1) is 11.3 Å². The number of hydrogen-bond acceptors (Lipinski definition) is 5. The molecule has 0 aliphatic rings. The standard InChI is InChI=1S/C22H16ClN3O2S2/c1-28-15-6-4-5-13(11-15)20(27)26-22(29)25-17-10-9-14(23)12-16(17)21-24-18-7-2-3-8-19(18)30-21/h2-12H,1H3,(H2,25,26,27,29). The first kappa shape index (κ1) is 20.3. The van der Waals surface area contributed by atoms with Crippen molar-refractivity contribution < 1.29 is 9.53 Å². The molecule has 0 aliphatic heterocycles. The summed E-state index contributed by atoms with van der Waals surface area (Å²) in [6.07, 6.45) is 0. The van der Waals surface area contributed by atoms with Gasteiger partial charge in [-0.2, -0.15) is 0 Å². The SMILES string of the molecule is COc1cccc(C(=O)NC(=S)Nc2ccc(Cl)cc2-c2nc3ccccc3s2)c1. The van der Waals surface area contributed by atoms with Crippen LogP contribution in [0.1, 0.15) is 10.4 Å². The summed E-state index contributed by atoms with van der Waals surface area (Å²) in [4.78, 5) is 17.2. The lowest BCUT2D eigenvalue weighted by Gasteiger charge is -2.13. The van der Waals surface area contributed by atoms with E-state index in [0.29, 0.717) is 22.0 Å². The van der Waals surface area contributed by atoms with Crippen molar-refractivity contribution >= 4 is 62.1 Å². The Morgan fingerprint density at radius 2 is 1.93 bits per heavy atom. The Hall–Kier alpha value is -3.00. The Kier molecular flexibility index (Phi) is 5.94. The molecule has 0 bridgehead atoms. The van der Waals surface area contributed by atoms with Crippen LogP contribution >= 0.6 is 35.2 Å². The molecule has 1 amide bonds. The van der Waals surface area contributed by atoms with Crippen molar-refractivity contribution in [2.75, 3.05) is 12.4 Å². The van der Waals surface area contributed by atoms with Crippen molar-refractivity contribution in [3.8, 4) is 16.3 Å². The van der Waals surface area contributed by atoms with Gasteiger partial charge in [-0.1, -0.05) is 29.8 Å². The summed E-state index contributed by atoms with van der Waals surface area (Å²) in [6.45, 7) is 0. The van der Waals surface area contributed by atoms with Crippen molar-refractivity contribution in [3.05, 3.63) is 77.3 Å². The number of anilines is 1. The third-order valence-electron chi connectivity index (χ3n) is 4.31. The number of para-hydroxylation sites is 1. The van der Waals surface area contributed by atoms with E-state index in [1.165, 1.54) is 0 Å². The van der Waals surface area contributed by atoms with E-state index in [2.05, 4.69) is 10.6 Å². The average Bonchev–Trinajstić information content (AvgIpc) is 3.19. The molecule has 4 aromatic rings. The van der Waals surface area contributed by atoms with Crippen LogP contribution in [0.15, 0.2) is 66.7 Å². The second-order valence-corrected chi connectivity index (χ2v) is 8.19. The number of carbonyl (C=O) groups excluding carboxylic acids is 1. The van der Waals surface area contributed by atoms with Gasteiger partial charge in [0.15, 0.2) is 5.11 Å². The lowest BCUT2D eigenvalue weighted by atomic mass is 10.2. The van der Waals surface area contributed by atoms with Gasteiger partial charge in [0, 0.05) is 16.1 Å². The molecular formula is C22H16ClN3O2S2. The molecule has 0 saturated carbocycles. The molecule has 8 heteroatoms. The lowest BCUT2D eigenvalue weighted by molar-refractivity contribution is 0.0977. The normalized spacial score (nSPS) is 10.6. The number of halogens is 1. The predicted molar refractivity (Wildman–Crippen MR) is 127 cm³/mol. The number of nitrogens with one attached hydrogen (secondary N) is 2. The van der Waals surface area contributed by atoms with Gasteiger partial charge in [0.2, 0.25) is 0 Å². The largest absolute Gasteiger partial charge is 0.497 e. The van der Waals surface area contributed by atoms with Crippen LogP contribution < -0.4 is 15.4 Å². The first-order valence-corrected chi connectivity index (χ1v) is 10.6. The Labute approximate surface area is 187 Å². The van der Waals surface area contributed by atoms with Crippen LogP contribution in [0.4, 0.5) is 5.69 Å².